The van der Waals surface area contributed by atoms with Gasteiger partial charge >= 0.3 is 11.9 Å². The van der Waals surface area contributed by atoms with Gasteiger partial charge < -0.3 is 15.2 Å². The molecule has 55 heavy (non-hydrogen) atoms. The normalized spacial score (nSPS) is 40.0. The summed E-state index contributed by atoms with van der Waals surface area (Å²) in [5.41, 5.74) is 2.09. The highest BCUT2D eigenvalue weighted by molar-refractivity contribution is 6.42. The second-order valence-corrected chi connectivity index (χ2v) is 21.7. The van der Waals surface area contributed by atoms with Gasteiger partial charge in [-0.2, -0.15) is 0 Å². The highest BCUT2D eigenvalue weighted by Crippen LogP contribution is 2.77. The lowest BCUT2D eigenvalue weighted by Gasteiger charge is -2.72. The summed E-state index contributed by atoms with van der Waals surface area (Å²) in [6.45, 7) is 20.9. The molecule has 10 atom stereocenters. The molecule has 0 saturated heterocycles. The molecule has 5 fully saturated rings. The van der Waals surface area contributed by atoms with E-state index in [4.69, 9.17) is 27.9 Å². The van der Waals surface area contributed by atoms with Crippen molar-refractivity contribution in [3.63, 3.8) is 0 Å². The van der Waals surface area contributed by atoms with Crippen molar-refractivity contribution in [3.05, 3.63) is 45.0 Å². The van der Waals surface area contributed by atoms with Gasteiger partial charge in [-0.15, -0.1) is 0 Å². The average molecular weight is 797 g/mol. The van der Waals surface area contributed by atoms with Gasteiger partial charge in [0.05, 0.1) is 21.9 Å². The predicted molar refractivity (Wildman–Crippen MR) is 216 cm³/mol. The minimum atomic E-state index is -0.832. The number of allylic oxidation sites excluding steroid dienone is 2. The third-order valence-corrected chi connectivity index (χ3v) is 18.4. The van der Waals surface area contributed by atoms with Crippen LogP contribution in [0.4, 0.5) is 0 Å². The van der Waals surface area contributed by atoms with E-state index >= 15 is 0 Å². The minimum Gasteiger partial charge on any atom is -0.481 e. The SMILES string of the molecule is CC(C)C1=C2[C@H]3CC[C@@H]4[C@@]5(C)CC[C@H](OC(=O)[C@H]6C[C@@H](C(=O)O)C6(C)C)C(C)(C)[C@@H]5CC[C@@]4(C)[C@]3(C)CC[C@@]2(CCNC(=O)c2ccc(Cl)c(Cl)c2)CC1=O. The van der Waals surface area contributed by atoms with Crippen molar-refractivity contribution >= 4 is 46.8 Å². The number of carbonyl (C=O) groups excluding carboxylic acids is 3. The molecule has 9 heteroatoms. The number of halogens is 2. The molecule has 6 aliphatic rings. The molecule has 7 rings (SSSR count). The standard InChI is InChI=1S/C46H63Cl2NO6/c1-25(2)36-32(50)24-46(20-21-49-38(51)26-10-12-30(47)31(48)22-26)19-18-44(8)27(37(36)46)11-13-34-43(7)16-15-35(42(5,6)33(43)14-17-45(34,44)9)55-40(54)29-23-28(39(52)53)41(29,3)4/h10,12,22,25,27-29,33-35H,11,13-21,23-24H2,1-9H3,(H,49,51)(H,52,53)/t27-,28+,29-,33+,34-,35+,43+,44-,45-,46-/m1/s1. The molecule has 302 valence electrons. The monoisotopic (exact) mass is 795 g/mol. The highest BCUT2D eigenvalue weighted by Gasteiger charge is 2.70. The van der Waals surface area contributed by atoms with Crippen LogP contribution in [0.15, 0.2) is 29.3 Å². The topological polar surface area (TPSA) is 110 Å². The molecule has 1 amide bonds. The molecule has 5 saturated carbocycles. The number of carbonyl (C=O) groups is 4. The number of amides is 1. The molecule has 1 aromatic rings. The van der Waals surface area contributed by atoms with E-state index in [1.54, 1.807) is 18.2 Å². The Morgan fingerprint density at radius 2 is 1.56 bits per heavy atom. The van der Waals surface area contributed by atoms with Crippen LogP contribution in [0.25, 0.3) is 0 Å². The Hall–Kier alpha value is -2.38. The fraction of sp³-hybridized carbons (Fsp3) is 0.739. The number of benzene rings is 1. The molecule has 0 unspecified atom stereocenters. The summed E-state index contributed by atoms with van der Waals surface area (Å²) in [5.74, 6) is -0.460. The number of ether oxygens (including phenoxy) is 1. The predicted octanol–water partition coefficient (Wildman–Crippen LogP) is 10.8. The van der Waals surface area contributed by atoms with E-state index in [-0.39, 0.29) is 56.9 Å². The number of fused-ring (bicyclic) bond motifs is 7. The summed E-state index contributed by atoms with van der Waals surface area (Å²) < 4.78 is 6.41. The van der Waals surface area contributed by atoms with Crippen LogP contribution in [0.1, 0.15) is 143 Å². The lowest BCUT2D eigenvalue weighted by molar-refractivity contribution is -0.236. The molecule has 2 N–H and O–H groups in total. The van der Waals surface area contributed by atoms with E-state index in [1.165, 1.54) is 5.57 Å². The molecule has 0 radical (unpaired) electrons. The van der Waals surface area contributed by atoms with Crippen molar-refractivity contribution in [1.29, 1.82) is 0 Å². The van der Waals surface area contributed by atoms with E-state index < -0.39 is 17.3 Å². The van der Waals surface area contributed by atoms with Crippen molar-refractivity contribution in [2.75, 3.05) is 6.54 Å². The summed E-state index contributed by atoms with van der Waals surface area (Å²) >= 11 is 12.3. The minimum absolute atomic E-state index is 0.0285. The van der Waals surface area contributed by atoms with Gasteiger partial charge in [-0.25, -0.2) is 0 Å². The summed E-state index contributed by atoms with van der Waals surface area (Å²) in [4.78, 5) is 52.6. The van der Waals surface area contributed by atoms with E-state index in [9.17, 15) is 24.3 Å². The van der Waals surface area contributed by atoms with Gasteiger partial charge in [0.1, 0.15) is 6.10 Å². The summed E-state index contributed by atoms with van der Waals surface area (Å²) in [7, 11) is 0. The summed E-state index contributed by atoms with van der Waals surface area (Å²) in [5, 5.41) is 13.6. The Labute approximate surface area is 338 Å². The van der Waals surface area contributed by atoms with E-state index in [0.29, 0.717) is 58.5 Å². The van der Waals surface area contributed by atoms with E-state index in [2.05, 4.69) is 53.8 Å². The number of hydrogen-bond donors (Lipinski definition) is 2. The maximum Gasteiger partial charge on any atom is 0.309 e. The van der Waals surface area contributed by atoms with Crippen molar-refractivity contribution in [3.8, 4) is 0 Å². The first-order chi connectivity index (χ1) is 25.5. The number of esters is 1. The molecule has 1 aromatic carbocycles. The Balaban J connectivity index is 1.11. The molecule has 6 aliphatic carbocycles. The lowest BCUT2D eigenvalue weighted by atomic mass is 9.33. The smallest absolute Gasteiger partial charge is 0.309 e. The Morgan fingerprint density at radius 1 is 0.855 bits per heavy atom. The molecular formula is C46H63Cl2NO6. The van der Waals surface area contributed by atoms with Crippen LogP contribution in [0.3, 0.4) is 0 Å². The van der Waals surface area contributed by atoms with Gasteiger partial charge in [0.15, 0.2) is 5.78 Å². The summed E-state index contributed by atoms with van der Waals surface area (Å²) in [6, 6.07) is 4.94. The van der Waals surface area contributed by atoms with Gasteiger partial charge in [0, 0.05) is 29.4 Å². The average Bonchev–Trinajstić information content (AvgIpc) is 3.39. The molecular weight excluding hydrogens is 733 g/mol. The molecule has 0 bridgehead atoms. The van der Waals surface area contributed by atoms with Crippen LogP contribution in [-0.2, 0) is 19.1 Å². The Bertz CT molecular complexity index is 1830. The molecule has 0 spiro atoms. The van der Waals surface area contributed by atoms with Crippen molar-refractivity contribution in [2.24, 2.45) is 68.0 Å². The van der Waals surface area contributed by atoms with Gasteiger partial charge in [0.25, 0.3) is 5.91 Å². The number of carboxylic acid groups (broad SMARTS) is 1. The number of ketones is 1. The lowest BCUT2D eigenvalue weighted by Crippen LogP contribution is -2.66. The van der Waals surface area contributed by atoms with Crippen LogP contribution in [0, 0.1) is 68.0 Å². The van der Waals surface area contributed by atoms with Crippen molar-refractivity contribution < 1.29 is 29.0 Å². The fourth-order valence-corrected chi connectivity index (χ4v) is 14.7. The van der Waals surface area contributed by atoms with Crippen LogP contribution in [-0.4, -0.2) is 41.4 Å². The van der Waals surface area contributed by atoms with Gasteiger partial charge in [-0.1, -0.05) is 91.1 Å². The fourth-order valence-electron chi connectivity index (χ4n) is 14.4. The maximum atomic E-state index is 14.0. The molecule has 7 nitrogen and oxygen atoms in total. The number of rotatable bonds is 8. The zero-order valence-corrected chi connectivity index (χ0v) is 36.0. The number of carboxylic acids is 1. The first-order valence-corrected chi connectivity index (χ1v) is 21.7. The van der Waals surface area contributed by atoms with Crippen LogP contribution < -0.4 is 5.32 Å². The van der Waals surface area contributed by atoms with Crippen LogP contribution in [0.5, 0.6) is 0 Å². The van der Waals surface area contributed by atoms with E-state index in [0.717, 1.165) is 63.4 Å². The van der Waals surface area contributed by atoms with Crippen molar-refractivity contribution in [1.82, 2.24) is 5.32 Å². The number of hydrogen-bond acceptors (Lipinski definition) is 5. The van der Waals surface area contributed by atoms with Gasteiger partial charge in [-0.05, 0) is 133 Å². The van der Waals surface area contributed by atoms with Gasteiger partial charge in [-0.3, -0.25) is 19.2 Å². The third kappa shape index (κ3) is 5.99. The van der Waals surface area contributed by atoms with Crippen molar-refractivity contribution in [2.45, 2.75) is 139 Å². The quantitative estimate of drug-likeness (QED) is 0.254. The second kappa shape index (κ2) is 13.6. The number of nitrogens with one attached hydrogen (secondary N) is 1. The second-order valence-electron chi connectivity index (χ2n) is 20.9. The van der Waals surface area contributed by atoms with Crippen LogP contribution >= 0.6 is 23.2 Å². The van der Waals surface area contributed by atoms with E-state index in [1.807, 2.05) is 13.8 Å². The largest absolute Gasteiger partial charge is 0.481 e. The third-order valence-electron chi connectivity index (χ3n) is 17.7. The number of aliphatic carboxylic acids is 1. The molecule has 0 aliphatic heterocycles. The Kier molecular flexibility index (Phi) is 10.1. The Morgan fingerprint density at radius 3 is 2.20 bits per heavy atom. The highest BCUT2D eigenvalue weighted by atomic mass is 35.5. The zero-order chi connectivity index (χ0) is 40.3. The zero-order valence-electron chi connectivity index (χ0n) is 34.5. The maximum absolute atomic E-state index is 14.0. The first-order valence-electron chi connectivity index (χ1n) is 21.0. The van der Waals surface area contributed by atoms with Gasteiger partial charge in [0.2, 0.25) is 0 Å². The number of Topliss-reactive ketones (excluding diaryl/α,β-unsaturated/α-hetero) is 1. The molecule has 0 heterocycles. The van der Waals surface area contributed by atoms with Crippen LogP contribution in [0.2, 0.25) is 10.0 Å². The summed E-state index contributed by atoms with van der Waals surface area (Å²) in [6.07, 6.45) is 9.64. The first kappa shape index (κ1) is 40.8. The molecule has 0 aromatic heterocycles.